The summed E-state index contributed by atoms with van der Waals surface area (Å²) < 4.78 is 0. The average Bonchev–Trinajstić information content (AvgIpc) is 3.25. The third-order valence-electron chi connectivity index (χ3n) is 5.01. The number of anilines is 1. The van der Waals surface area contributed by atoms with E-state index in [1.807, 2.05) is 66.4 Å². The minimum Gasteiger partial charge on any atom is -0.336 e. The summed E-state index contributed by atoms with van der Waals surface area (Å²) >= 11 is 1.30. The Morgan fingerprint density at radius 2 is 1.67 bits per heavy atom. The quantitative estimate of drug-likeness (QED) is 0.685. The normalized spacial score (nSPS) is 14.5. The summed E-state index contributed by atoms with van der Waals surface area (Å²) in [5.74, 6) is -0.179. The standard InChI is InChI=1S/C22H23N5O2S/c1-16-7-9-18(10-8-16)23-20(28)21-25-24-19(30-21)15-26-11-13-27(14-12-26)22(29)17-5-3-2-4-6-17/h2-10H,11-15H2,1H3,(H,23,28). The Bertz CT molecular complexity index is 1010. The van der Waals surface area contributed by atoms with Crippen LogP contribution in [0.4, 0.5) is 5.69 Å². The van der Waals surface area contributed by atoms with Crippen LogP contribution < -0.4 is 5.32 Å². The highest BCUT2D eigenvalue weighted by Crippen LogP contribution is 2.17. The van der Waals surface area contributed by atoms with Crippen molar-refractivity contribution >= 4 is 28.8 Å². The molecule has 1 fully saturated rings. The molecule has 3 aromatic rings. The number of hydrogen-bond acceptors (Lipinski definition) is 6. The molecule has 30 heavy (non-hydrogen) atoms. The van der Waals surface area contributed by atoms with Gasteiger partial charge in [0.2, 0.25) is 5.01 Å². The molecule has 0 aliphatic carbocycles. The minimum absolute atomic E-state index is 0.0706. The van der Waals surface area contributed by atoms with Gasteiger partial charge in [-0.15, -0.1) is 10.2 Å². The molecule has 2 amide bonds. The molecule has 0 radical (unpaired) electrons. The van der Waals surface area contributed by atoms with E-state index in [0.717, 1.165) is 34.9 Å². The van der Waals surface area contributed by atoms with Crippen molar-refractivity contribution < 1.29 is 9.59 Å². The van der Waals surface area contributed by atoms with Crippen LogP contribution >= 0.6 is 11.3 Å². The van der Waals surface area contributed by atoms with Gasteiger partial charge in [0.15, 0.2) is 0 Å². The van der Waals surface area contributed by atoms with Crippen LogP contribution in [0.5, 0.6) is 0 Å². The summed E-state index contributed by atoms with van der Waals surface area (Å²) in [5, 5.41) is 12.2. The molecule has 0 unspecified atom stereocenters. The fourth-order valence-electron chi connectivity index (χ4n) is 3.29. The lowest BCUT2D eigenvalue weighted by Gasteiger charge is -2.34. The van der Waals surface area contributed by atoms with Crippen molar-refractivity contribution in [3.05, 3.63) is 75.7 Å². The van der Waals surface area contributed by atoms with Gasteiger partial charge in [0.1, 0.15) is 5.01 Å². The van der Waals surface area contributed by atoms with Gasteiger partial charge in [-0.3, -0.25) is 14.5 Å². The molecule has 0 atom stereocenters. The number of nitrogens with one attached hydrogen (secondary N) is 1. The Hall–Kier alpha value is -3.10. The second-order valence-corrected chi connectivity index (χ2v) is 8.32. The van der Waals surface area contributed by atoms with Gasteiger partial charge >= 0.3 is 0 Å². The molecule has 2 aromatic carbocycles. The molecule has 1 saturated heterocycles. The van der Waals surface area contributed by atoms with Crippen LogP contribution in [0.15, 0.2) is 54.6 Å². The van der Waals surface area contributed by atoms with Gasteiger partial charge in [-0.2, -0.15) is 0 Å². The Morgan fingerprint density at radius 3 is 2.37 bits per heavy atom. The lowest BCUT2D eigenvalue weighted by molar-refractivity contribution is 0.0628. The van der Waals surface area contributed by atoms with Gasteiger partial charge in [-0.25, -0.2) is 0 Å². The number of benzene rings is 2. The molecule has 1 N–H and O–H groups in total. The van der Waals surface area contributed by atoms with Crippen LogP contribution in [0.3, 0.4) is 0 Å². The van der Waals surface area contributed by atoms with Crippen molar-refractivity contribution in [1.82, 2.24) is 20.0 Å². The minimum atomic E-state index is -0.249. The highest BCUT2D eigenvalue weighted by Gasteiger charge is 2.23. The molecule has 0 bridgehead atoms. The van der Waals surface area contributed by atoms with Crippen molar-refractivity contribution in [3.8, 4) is 0 Å². The van der Waals surface area contributed by atoms with Crippen molar-refractivity contribution in [3.63, 3.8) is 0 Å². The predicted molar refractivity (Wildman–Crippen MR) is 117 cm³/mol. The summed E-state index contributed by atoms with van der Waals surface area (Å²) in [6.45, 7) is 5.51. The van der Waals surface area contributed by atoms with E-state index in [2.05, 4.69) is 20.4 Å². The number of piperazine rings is 1. The van der Waals surface area contributed by atoms with Crippen LogP contribution in [0, 0.1) is 6.92 Å². The first kappa shape index (κ1) is 20.2. The number of rotatable bonds is 5. The van der Waals surface area contributed by atoms with Gasteiger partial charge in [0.25, 0.3) is 11.8 Å². The molecule has 0 saturated carbocycles. The summed E-state index contributed by atoms with van der Waals surface area (Å²) in [7, 11) is 0. The van der Waals surface area contributed by atoms with Crippen LogP contribution in [0.2, 0.25) is 0 Å². The molecule has 2 heterocycles. The van der Waals surface area contributed by atoms with E-state index >= 15 is 0 Å². The number of carbonyl (C=O) groups excluding carboxylic acids is 2. The Morgan fingerprint density at radius 1 is 0.967 bits per heavy atom. The van der Waals surface area contributed by atoms with E-state index in [1.165, 1.54) is 11.3 Å². The third kappa shape index (κ3) is 4.90. The number of hydrogen-bond donors (Lipinski definition) is 1. The Labute approximate surface area is 179 Å². The molecule has 1 aromatic heterocycles. The monoisotopic (exact) mass is 421 g/mol. The molecule has 8 heteroatoms. The maximum atomic E-state index is 12.6. The molecule has 4 rings (SSSR count). The summed E-state index contributed by atoms with van der Waals surface area (Å²) in [4.78, 5) is 29.1. The van der Waals surface area contributed by atoms with E-state index in [4.69, 9.17) is 0 Å². The van der Waals surface area contributed by atoms with E-state index in [-0.39, 0.29) is 11.8 Å². The number of nitrogens with zero attached hydrogens (tertiary/aromatic N) is 4. The van der Waals surface area contributed by atoms with Gasteiger partial charge in [-0.1, -0.05) is 47.2 Å². The number of amides is 2. The fourth-order valence-corrected chi connectivity index (χ4v) is 4.07. The first-order valence-electron chi connectivity index (χ1n) is 9.85. The molecular formula is C22H23N5O2S. The zero-order valence-corrected chi connectivity index (χ0v) is 17.6. The smallest absolute Gasteiger partial charge is 0.286 e. The largest absolute Gasteiger partial charge is 0.336 e. The first-order valence-corrected chi connectivity index (χ1v) is 10.7. The SMILES string of the molecule is Cc1ccc(NC(=O)c2nnc(CN3CCN(C(=O)c4ccccc4)CC3)s2)cc1. The number of aromatic nitrogens is 2. The fraction of sp³-hybridized carbons (Fsp3) is 0.273. The summed E-state index contributed by atoms with van der Waals surface area (Å²) in [6.07, 6.45) is 0. The second kappa shape index (κ2) is 9.15. The predicted octanol–water partition coefficient (Wildman–Crippen LogP) is 3.06. The van der Waals surface area contributed by atoms with Gasteiger partial charge in [0, 0.05) is 37.4 Å². The number of aryl methyl sites for hydroxylation is 1. The first-order chi connectivity index (χ1) is 14.6. The van der Waals surface area contributed by atoms with E-state index in [9.17, 15) is 9.59 Å². The molecule has 1 aliphatic rings. The van der Waals surface area contributed by atoms with Gasteiger partial charge in [0.05, 0.1) is 6.54 Å². The Balaban J connectivity index is 1.29. The summed E-state index contributed by atoms with van der Waals surface area (Å²) in [6, 6.07) is 17.0. The maximum absolute atomic E-state index is 12.6. The molecule has 7 nitrogen and oxygen atoms in total. The average molecular weight is 422 g/mol. The summed E-state index contributed by atoms with van der Waals surface area (Å²) in [5.41, 5.74) is 2.60. The molecule has 1 aliphatic heterocycles. The Kier molecular flexibility index (Phi) is 6.15. The zero-order valence-electron chi connectivity index (χ0n) is 16.7. The molecule has 0 spiro atoms. The third-order valence-corrected chi connectivity index (χ3v) is 5.92. The van der Waals surface area contributed by atoms with E-state index in [1.54, 1.807) is 0 Å². The van der Waals surface area contributed by atoms with Crippen LogP contribution in [0.1, 0.15) is 30.7 Å². The van der Waals surface area contributed by atoms with E-state index in [0.29, 0.717) is 24.6 Å². The lowest BCUT2D eigenvalue weighted by Crippen LogP contribution is -2.48. The number of carbonyl (C=O) groups is 2. The molecule has 154 valence electrons. The lowest BCUT2D eigenvalue weighted by atomic mass is 10.2. The van der Waals surface area contributed by atoms with Crippen molar-refractivity contribution in [2.45, 2.75) is 13.5 Å². The van der Waals surface area contributed by atoms with Gasteiger partial charge < -0.3 is 10.2 Å². The van der Waals surface area contributed by atoms with E-state index < -0.39 is 0 Å². The topological polar surface area (TPSA) is 78.4 Å². The van der Waals surface area contributed by atoms with Crippen molar-refractivity contribution in [2.24, 2.45) is 0 Å². The highest BCUT2D eigenvalue weighted by atomic mass is 32.1. The van der Waals surface area contributed by atoms with Crippen LogP contribution in [-0.2, 0) is 6.54 Å². The zero-order chi connectivity index (χ0) is 20.9. The van der Waals surface area contributed by atoms with Crippen LogP contribution in [-0.4, -0.2) is 58.0 Å². The van der Waals surface area contributed by atoms with Crippen molar-refractivity contribution in [2.75, 3.05) is 31.5 Å². The second-order valence-electron chi connectivity index (χ2n) is 7.26. The molecular weight excluding hydrogens is 398 g/mol. The van der Waals surface area contributed by atoms with Crippen molar-refractivity contribution in [1.29, 1.82) is 0 Å². The van der Waals surface area contributed by atoms with Gasteiger partial charge in [-0.05, 0) is 31.2 Å². The maximum Gasteiger partial charge on any atom is 0.286 e. The van der Waals surface area contributed by atoms with Crippen LogP contribution in [0.25, 0.3) is 0 Å². The highest BCUT2D eigenvalue weighted by molar-refractivity contribution is 7.13.